The van der Waals surface area contributed by atoms with E-state index >= 15 is 0 Å². The SMILES string of the molecule is Cc1cc2nc(C)n(Cc3ccc(C(N)=S)cc3)c2cc1C. The largest absolute Gasteiger partial charge is 0.389 e. The van der Waals surface area contributed by atoms with E-state index in [1.807, 2.05) is 19.1 Å². The number of aromatic nitrogens is 2. The minimum Gasteiger partial charge on any atom is -0.389 e. The molecule has 1 heterocycles. The molecule has 0 atom stereocenters. The Morgan fingerprint density at radius 1 is 1.09 bits per heavy atom. The van der Waals surface area contributed by atoms with E-state index in [1.165, 1.54) is 22.2 Å². The van der Waals surface area contributed by atoms with Crippen molar-refractivity contribution in [2.45, 2.75) is 27.3 Å². The molecule has 2 aromatic carbocycles. The highest BCUT2D eigenvalue weighted by Gasteiger charge is 2.09. The maximum absolute atomic E-state index is 5.65. The highest BCUT2D eigenvalue weighted by Crippen LogP contribution is 2.21. The summed E-state index contributed by atoms with van der Waals surface area (Å²) in [4.78, 5) is 5.11. The summed E-state index contributed by atoms with van der Waals surface area (Å²) >= 11 is 4.99. The van der Waals surface area contributed by atoms with Crippen molar-refractivity contribution in [1.29, 1.82) is 0 Å². The van der Waals surface area contributed by atoms with Crippen LogP contribution in [0.4, 0.5) is 0 Å². The van der Waals surface area contributed by atoms with Crippen LogP contribution >= 0.6 is 12.2 Å². The maximum atomic E-state index is 5.65. The zero-order chi connectivity index (χ0) is 15.9. The topological polar surface area (TPSA) is 43.8 Å². The van der Waals surface area contributed by atoms with Crippen LogP contribution in [0.1, 0.15) is 28.1 Å². The number of benzene rings is 2. The van der Waals surface area contributed by atoms with Crippen LogP contribution in [-0.2, 0) is 6.54 Å². The summed E-state index contributed by atoms with van der Waals surface area (Å²) in [6.07, 6.45) is 0. The van der Waals surface area contributed by atoms with Gasteiger partial charge in [-0.3, -0.25) is 0 Å². The second kappa shape index (κ2) is 5.54. The van der Waals surface area contributed by atoms with Gasteiger partial charge in [-0.25, -0.2) is 4.98 Å². The minimum absolute atomic E-state index is 0.432. The number of nitrogens with two attached hydrogens (primary N) is 1. The van der Waals surface area contributed by atoms with Crippen molar-refractivity contribution >= 4 is 28.2 Å². The van der Waals surface area contributed by atoms with E-state index in [2.05, 4.69) is 47.7 Å². The molecule has 0 saturated carbocycles. The Kier molecular flexibility index (Phi) is 3.71. The first-order valence-electron chi connectivity index (χ1n) is 7.28. The fourth-order valence-corrected chi connectivity index (χ4v) is 2.79. The Morgan fingerprint density at radius 3 is 2.36 bits per heavy atom. The van der Waals surface area contributed by atoms with Gasteiger partial charge in [0.25, 0.3) is 0 Å². The van der Waals surface area contributed by atoms with Gasteiger partial charge >= 0.3 is 0 Å². The van der Waals surface area contributed by atoms with E-state index in [0.717, 1.165) is 23.4 Å². The fraction of sp³-hybridized carbons (Fsp3) is 0.222. The lowest BCUT2D eigenvalue weighted by Gasteiger charge is -2.09. The van der Waals surface area contributed by atoms with Gasteiger partial charge in [0.1, 0.15) is 10.8 Å². The molecule has 0 aliphatic carbocycles. The van der Waals surface area contributed by atoms with Crippen LogP contribution in [0.3, 0.4) is 0 Å². The first-order valence-corrected chi connectivity index (χ1v) is 7.69. The number of rotatable bonds is 3. The molecule has 0 aliphatic heterocycles. The normalized spacial score (nSPS) is 11.0. The molecule has 0 aliphatic rings. The number of imidazole rings is 1. The van der Waals surface area contributed by atoms with E-state index in [4.69, 9.17) is 18.0 Å². The Labute approximate surface area is 135 Å². The number of hydrogen-bond donors (Lipinski definition) is 1. The van der Waals surface area contributed by atoms with Crippen molar-refractivity contribution in [3.63, 3.8) is 0 Å². The van der Waals surface area contributed by atoms with Crippen molar-refractivity contribution in [1.82, 2.24) is 9.55 Å². The summed E-state index contributed by atoms with van der Waals surface area (Å²) in [6, 6.07) is 12.5. The van der Waals surface area contributed by atoms with Gasteiger partial charge in [-0.1, -0.05) is 36.5 Å². The van der Waals surface area contributed by atoms with Gasteiger partial charge in [0, 0.05) is 12.1 Å². The van der Waals surface area contributed by atoms with Gasteiger partial charge in [-0.2, -0.15) is 0 Å². The fourth-order valence-electron chi connectivity index (χ4n) is 2.66. The van der Waals surface area contributed by atoms with Crippen molar-refractivity contribution in [2.75, 3.05) is 0 Å². The lowest BCUT2D eigenvalue weighted by atomic mass is 10.1. The van der Waals surface area contributed by atoms with Gasteiger partial charge in [-0.05, 0) is 49.6 Å². The smallest absolute Gasteiger partial charge is 0.107 e. The van der Waals surface area contributed by atoms with Crippen LogP contribution in [0.2, 0.25) is 0 Å². The number of thiocarbonyl (C=S) groups is 1. The summed E-state index contributed by atoms with van der Waals surface area (Å²) in [5, 5.41) is 0. The molecule has 0 amide bonds. The third-order valence-corrected chi connectivity index (χ3v) is 4.37. The standard InChI is InChI=1S/C18H19N3S/c1-11-8-16-17(9-12(11)2)21(13(3)20-16)10-14-4-6-15(7-5-14)18(19)22/h4-9H,10H2,1-3H3,(H2,19,22). The lowest BCUT2D eigenvalue weighted by Crippen LogP contribution is -2.09. The van der Waals surface area contributed by atoms with Gasteiger partial charge < -0.3 is 10.3 Å². The Balaban J connectivity index is 2.01. The molecule has 3 aromatic rings. The van der Waals surface area contributed by atoms with Crippen LogP contribution in [0.5, 0.6) is 0 Å². The molecule has 3 nitrogen and oxygen atoms in total. The van der Waals surface area contributed by atoms with Crippen LogP contribution in [0.15, 0.2) is 36.4 Å². The molecule has 0 saturated heterocycles. The van der Waals surface area contributed by atoms with Gasteiger partial charge in [0.15, 0.2) is 0 Å². The molecule has 22 heavy (non-hydrogen) atoms. The number of nitrogens with zero attached hydrogens (tertiary/aromatic N) is 2. The Bertz CT molecular complexity index is 860. The van der Waals surface area contributed by atoms with Crippen LogP contribution in [0, 0.1) is 20.8 Å². The summed E-state index contributed by atoms with van der Waals surface area (Å²) in [5.74, 6) is 1.03. The lowest BCUT2D eigenvalue weighted by molar-refractivity contribution is 0.786. The van der Waals surface area contributed by atoms with Gasteiger partial charge in [-0.15, -0.1) is 0 Å². The molecule has 112 valence electrons. The molecule has 0 spiro atoms. The highest BCUT2D eigenvalue weighted by molar-refractivity contribution is 7.80. The predicted octanol–water partition coefficient (Wildman–Crippen LogP) is 3.64. The second-order valence-electron chi connectivity index (χ2n) is 5.73. The summed E-state index contributed by atoms with van der Waals surface area (Å²) in [7, 11) is 0. The predicted molar refractivity (Wildman–Crippen MR) is 95.4 cm³/mol. The molecule has 0 fully saturated rings. The number of hydrogen-bond acceptors (Lipinski definition) is 2. The number of aryl methyl sites for hydroxylation is 3. The highest BCUT2D eigenvalue weighted by atomic mass is 32.1. The molecule has 3 rings (SSSR count). The van der Waals surface area contributed by atoms with E-state index in [-0.39, 0.29) is 0 Å². The van der Waals surface area contributed by atoms with E-state index in [0.29, 0.717) is 4.99 Å². The molecular weight excluding hydrogens is 290 g/mol. The van der Waals surface area contributed by atoms with Crippen LogP contribution < -0.4 is 5.73 Å². The van der Waals surface area contributed by atoms with Crippen LogP contribution in [0.25, 0.3) is 11.0 Å². The van der Waals surface area contributed by atoms with E-state index < -0.39 is 0 Å². The molecule has 2 N–H and O–H groups in total. The van der Waals surface area contributed by atoms with Crippen molar-refractivity contribution in [3.05, 3.63) is 64.5 Å². The van der Waals surface area contributed by atoms with Crippen molar-refractivity contribution in [2.24, 2.45) is 5.73 Å². The monoisotopic (exact) mass is 309 g/mol. The second-order valence-corrected chi connectivity index (χ2v) is 6.17. The first-order chi connectivity index (χ1) is 10.5. The van der Waals surface area contributed by atoms with Gasteiger partial charge in [0.05, 0.1) is 11.0 Å². The Hall–Kier alpha value is -2.20. The quantitative estimate of drug-likeness (QED) is 0.751. The summed E-state index contributed by atoms with van der Waals surface area (Å²) < 4.78 is 2.25. The molecule has 0 radical (unpaired) electrons. The zero-order valence-electron chi connectivity index (χ0n) is 13.1. The molecule has 1 aromatic heterocycles. The zero-order valence-corrected chi connectivity index (χ0v) is 13.9. The number of fused-ring (bicyclic) bond motifs is 1. The molecule has 4 heteroatoms. The van der Waals surface area contributed by atoms with Crippen LogP contribution in [-0.4, -0.2) is 14.5 Å². The maximum Gasteiger partial charge on any atom is 0.107 e. The first kappa shape index (κ1) is 14.7. The molecule has 0 bridgehead atoms. The molecule has 0 unspecified atom stereocenters. The van der Waals surface area contributed by atoms with Crippen molar-refractivity contribution in [3.8, 4) is 0 Å². The third-order valence-electron chi connectivity index (χ3n) is 4.13. The Morgan fingerprint density at radius 2 is 1.73 bits per heavy atom. The summed E-state index contributed by atoms with van der Waals surface area (Å²) in [6.45, 7) is 7.10. The minimum atomic E-state index is 0.432. The van der Waals surface area contributed by atoms with Gasteiger partial charge in [0.2, 0.25) is 0 Å². The molecular formula is C18H19N3S. The van der Waals surface area contributed by atoms with E-state index in [1.54, 1.807) is 0 Å². The average Bonchev–Trinajstić information content (AvgIpc) is 2.76. The van der Waals surface area contributed by atoms with Crippen molar-refractivity contribution < 1.29 is 0 Å². The average molecular weight is 309 g/mol. The summed E-state index contributed by atoms with van der Waals surface area (Å²) in [5.41, 5.74) is 12.6. The third kappa shape index (κ3) is 2.62. The van der Waals surface area contributed by atoms with E-state index in [9.17, 15) is 0 Å².